The van der Waals surface area contributed by atoms with E-state index in [1.54, 1.807) is 0 Å². The fourth-order valence-corrected chi connectivity index (χ4v) is 4.25. The number of aryl methyl sites for hydroxylation is 3. The number of nitrogens with one attached hydrogen (secondary N) is 1. The number of pyridine rings is 1. The molecular formula is C19H18Br2N2O. The lowest BCUT2D eigenvalue weighted by molar-refractivity contribution is 0.477. The quantitative estimate of drug-likeness (QED) is 0.515. The number of anilines is 1. The number of halogens is 2. The number of aromatic hydroxyl groups is 1. The first-order valence-electron chi connectivity index (χ1n) is 7.65. The van der Waals surface area contributed by atoms with Crippen LogP contribution >= 0.6 is 31.9 Å². The predicted octanol–water partition coefficient (Wildman–Crippen LogP) is 6.00. The molecule has 0 fully saturated rings. The molecule has 24 heavy (non-hydrogen) atoms. The molecule has 0 aliphatic rings. The van der Waals surface area contributed by atoms with E-state index in [-0.39, 0.29) is 5.75 Å². The van der Waals surface area contributed by atoms with Gasteiger partial charge in [0, 0.05) is 15.5 Å². The number of nitrogens with zero attached hydrogens (tertiary/aromatic N) is 1. The average molecular weight is 450 g/mol. The normalized spacial score (nSPS) is 11.0. The lowest BCUT2D eigenvalue weighted by Gasteiger charge is -2.14. The number of rotatable bonds is 3. The molecule has 0 atom stereocenters. The molecule has 0 saturated heterocycles. The van der Waals surface area contributed by atoms with Gasteiger partial charge in [-0.15, -0.1) is 0 Å². The van der Waals surface area contributed by atoms with Crippen molar-refractivity contribution in [2.75, 3.05) is 5.32 Å². The van der Waals surface area contributed by atoms with Crippen LogP contribution in [0.2, 0.25) is 0 Å². The molecule has 3 nitrogen and oxygen atoms in total. The van der Waals surface area contributed by atoms with Crippen LogP contribution in [0.1, 0.15) is 22.4 Å². The number of benzene rings is 2. The zero-order valence-electron chi connectivity index (χ0n) is 13.7. The molecule has 0 radical (unpaired) electrons. The highest BCUT2D eigenvalue weighted by Gasteiger charge is 2.11. The smallest absolute Gasteiger partial charge is 0.156 e. The molecule has 0 unspecified atom stereocenters. The van der Waals surface area contributed by atoms with Crippen molar-refractivity contribution in [3.8, 4) is 5.75 Å². The van der Waals surface area contributed by atoms with E-state index in [4.69, 9.17) is 0 Å². The van der Waals surface area contributed by atoms with Crippen LogP contribution in [0.3, 0.4) is 0 Å². The van der Waals surface area contributed by atoms with Crippen molar-refractivity contribution < 1.29 is 5.11 Å². The van der Waals surface area contributed by atoms with Crippen LogP contribution < -0.4 is 5.32 Å². The largest absolute Gasteiger partial charge is 0.505 e. The van der Waals surface area contributed by atoms with Crippen LogP contribution in [0, 0.1) is 20.8 Å². The van der Waals surface area contributed by atoms with Gasteiger partial charge in [0.25, 0.3) is 0 Å². The summed E-state index contributed by atoms with van der Waals surface area (Å²) in [5.74, 6) is 0.165. The van der Waals surface area contributed by atoms with Gasteiger partial charge in [-0.05, 0) is 66.0 Å². The van der Waals surface area contributed by atoms with E-state index in [1.807, 2.05) is 18.2 Å². The zero-order valence-corrected chi connectivity index (χ0v) is 16.9. The molecule has 2 N–H and O–H groups in total. The summed E-state index contributed by atoms with van der Waals surface area (Å²) in [4.78, 5) is 4.62. The number of hydrogen-bond donors (Lipinski definition) is 2. The summed E-state index contributed by atoms with van der Waals surface area (Å²) in [6.45, 7) is 6.92. The average Bonchev–Trinajstić information content (AvgIpc) is 2.51. The molecule has 124 valence electrons. The molecular weight excluding hydrogens is 432 g/mol. The van der Waals surface area contributed by atoms with E-state index in [2.05, 4.69) is 75.1 Å². The van der Waals surface area contributed by atoms with Crippen molar-refractivity contribution in [2.24, 2.45) is 0 Å². The van der Waals surface area contributed by atoms with Crippen molar-refractivity contribution in [1.29, 1.82) is 0 Å². The fourth-order valence-electron chi connectivity index (χ4n) is 2.98. The van der Waals surface area contributed by atoms with E-state index in [1.165, 1.54) is 16.7 Å². The highest BCUT2D eigenvalue weighted by atomic mass is 79.9. The Bertz CT molecular complexity index is 915. The van der Waals surface area contributed by atoms with Gasteiger partial charge in [-0.3, -0.25) is 0 Å². The molecule has 0 spiro atoms. The van der Waals surface area contributed by atoms with Crippen molar-refractivity contribution in [3.63, 3.8) is 0 Å². The maximum atomic E-state index is 10.3. The summed E-state index contributed by atoms with van der Waals surface area (Å²) >= 11 is 6.87. The lowest BCUT2D eigenvalue weighted by atomic mass is 10.1. The Morgan fingerprint density at radius 1 is 1.00 bits per heavy atom. The van der Waals surface area contributed by atoms with Crippen molar-refractivity contribution >= 4 is 48.5 Å². The molecule has 0 aliphatic heterocycles. The van der Waals surface area contributed by atoms with E-state index >= 15 is 0 Å². The van der Waals surface area contributed by atoms with E-state index in [9.17, 15) is 5.11 Å². The first-order valence-corrected chi connectivity index (χ1v) is 9.23. The number of phenols is 1. The van der Waals surface area contributed by atoms with Gasteiger partial charge in [-0.2, -0.15) is 0 Å². The Morgan fingerprint density at radius 3 is 2.33 bits per heavy atom. The van der Waals surface area contributed by atoms with Crippen LogP contribution in [0.4, 0.5) is 5.69 Å². The van der Waals surface area contributed by atoms with Crippen molar-refractivity contribution in [2.45, 2.75) is 27.3 Å². The minimum atomic E-state index is 0.165. The number of phenolic OH excluding ortho intramolecular Hbond substituents is 1. The minimum absolute atomic E-state index is 0.165. The summed E-state index contributed by atoms with van der Waals surface area (Å²) < 4.78 is 1.53. The molecule has 3 rings (SSSR count). The van der Waals surface area contributed by atoms with Crippen LogP contribution in [-0.2, 0) is 6.54 Å². The molecule has 5 heteroatoms. The van der Waals surface area contributed by atoms with E-state index < -0.39 is 0 Å². The summed E-state index contributed by atoms with van der Waals surface area (Å²) in [7, 11) is 0. The highest BCUT2D eigenvalue weighted by molar-refractivity contribution is 9.11. The second-order valence-electron chi connectivity index (χ2n) is 6.01. The standard InChI is InChI=1S/C19H18Br2N2O/c1-10-6-11(2)17(12(3)7-10)22-9-13-4-5-14-15(20)8-16(21)19(24)18(14)23-13/h4-8,22,24H,9H2,1-3H3. The third-order valence-corrected chi connectivity index (χ3v) is 5.30. The highest BCUT2D eigenvalue weighted by Crippen LogP contribution is 2.36. The van der Waals surface area contributed by atoms with E-state index in [0.717, 1.165) is 21.2 Å². The first kappa shape index (κ1) is 17.2. The summed E-state index contributed by atoms with van der Waals surface area (Å²) in [6.07, 6.45) is 0. The number of aromatic nitrogens is 1. The van der Waals surface area contributed by atoms with Crippen LogP contribution in [0.5, 0.6) is 5.75 Å². The lowest BCUT2D eigenvalue weighted by Crippen LogP contribution is -2.05. The fraction of sp³-hybridized carbons (Fsp3) is 0.211. The van der Waals surface area contributed by atoms with Gasteiger partial charge in [0.15, 0.2) is 5.75 Å². The topological polar surface area (TPSA) is 45.1 Å². The Morgan fingerprint density at radius 2 is 1.67 bits per heavy atom. The van der Waals surface area contributed by atoms with Crippen molar-refractivity contribution in [3.05, 3.63) is 61.7 Å². The maximum absolute atomic E-state index is 10.3. The third-order valence-electron chi connectivity index (χ3n) is 4.04. The van der Waals surface area contributed by atoms with Gasteiger partial charge in [-0.1, -0.05) is 33.6 Å². The monoisotopic (exact) mass is 448 g/mol. The van der Waals surface area contributed by atoms with Gasteiger partial charge in [0.1, 0.15) is 5.52 Å². The second-order valence-corrected chi connectivity index (χ2v) is 7.72. The van der Waals surface area contributed by atoms with Gasteiger partial charge in [0.05, 0.1) is 16.7 Å². The summed E-state index contributed by atoms with van der Waals surface area (Å²) in [6, 6.07) is 10.1. The molecule has 0 amide bonds. The summed E-state index contributed by atoms with van der Waals surface area (Å²) in [5.41, 5.74) is 6.32. The second kappa shape index (κ2) is 6.73. The molecule has 0 aliphatic carbocycles. The minimum Gasteiger partial charge on any atom is -0.505 e. The third kappa shape index (κ3) is 3.28. The Kier molecular flexibility index (Phi) is 4.83. The SMILES string of the molecule is Cc1cc(C)c(NCc2ccc3c(Br)cc(Br)c(O)c3n2)c(C)c1. The zero-order chi connectivity index (χ0) is 17.4. The van der Waals surface area contributed by atoms with Gasteiger partial charge >= 0.3 is 0 Å². The van der Waals surface area contributed by atoms with Crippen LogP contribution in [-0.4, -0.2) is 10.1 Å². The number of fused-ring (bicyclic) bond motifs is 1. The van der Waals surface area contributed by atoms with Crippen LogP contribution in [0.15, 0.2) is 39.3 Å². The van der Waals surface area contributed by atoms with Crippen molar-refractivity contribution in [1.82, 2.24) is 4.98 Å². The number of hydrogen-bond acceptors (Lipinski definition) is 3. The van der Waals surface area contributed by atoms with Gasteiger partial charge in [0.2, 0.25) is 0 Å². The first-order chi connectivity index (χ1) is 11.4. The Balaban J connectivity index is 1.93. The molecule has 0 saturated carbocycles. The molecule has 3 aromatic rings. The summed E-state index contributed by atoms with van der Waals surface area (Å²) in [5, 5.41) is 14.6. The van der Waals surface area contributed by atoms with E-state index in [0.29, 0.717) is 16.5 Å². The van der Waals surface area contributed by atoms with Gasteiger partial charge < -0.3 is 10.4 Å². The maximum Gasteiger partial charge on any atom is 0.156 e. The van der Waals surface area contributed by atoms with Gasteiger partial charge in [-0.25, -0.2) is 4.98 Å². The van der Waals surface area contributed by atoms with Crippen LogP contribution in [0.25, 0.3) is 10.9 Å². The molecule has 2 aromatic carbocycles. The Hall–Kier alpha value is -1.59. The predicted molar refractivity (Wildman–Crippen MR) is 107 cm³/mol. The molecule has 1 heterocycles. The molecule has 0 bridgehead atoms. The molecule has 1 aromatic heterocycles. The Labute approximate surface area is 158 Å².